The summed E-state index contributed by atoms with van der Waals surface area (Å²) in [5.74, 6) is 0.0370. The average molecular weight is 451 g/mol. The maximum Gasteiger partial charge on any atom is 0.261 e. The molecule has 0 fully saturated rings. The molecule has 2 amide bonds. The van der Waals surface area contributed by atoms with E-state index in [4.69, 9.17) is 27.9 Å². The van der Waals surface area contributed by atoms with Gasteiger partial charge < -0.3 is 15.0 Å². The Kier molecular flexibility index (Phi) is 8.56. The summed E-state index contributed by atoms with van der Waals surface area (Å²) in [6.07, 6.45) is 0. The topological polar surface area (TPSA) is 58.6 Å². The van der Waals surface area contributed by atoms with Crippen molar-refractivity contribution in [1.29, 1.82) is 0 Å². The van der Waals surface area contributed by atoms with Gasteiger partial charge in [0.15, 0.2) is 6.61 Å². The molecule has 0 bridgehead atoms. The van der Waals surface area contributed by atoms with Crippen LogP contribution in [0, 0.1) is 13.8 Å². The zero-order valence-electron chi connectivity index (χ0n) is 18.0. The second-order valence-electron chi connectivity index (χ2n) is 7.65. The van der Waals surface area contributed by atoms with Crippen molar-refractivity contribution >= 4 is 35.0 Å². The molecule has 1 unspecified atom stereocenters. The highest BCUT2D eigenvalue weighted by Gasteiger charge is 2.27. The van der Waals surface area contributed by atoms with Gasteiger partial charge in [-0.05, 0) is 75.6 Å². The molecule has 0 aliphatic rings. The third kappa shape index (κ3) is 6.64. The van der Waals surface area contributed by atoms with Gasteiger partial charge in [-0.15, -0.1) is 0 Å². The Balaban J connectivity index is 2.19. The van der Waals surface area contributed by atoms with Crippen LogP contribution in [-0.2, 0) is 16.1 Å². The minimum Gasteiger partial charge on any atom is -0.484 e. The number of hydrogen-bond acceptors (Lipinski definition) is 3. The van der Waals surface area contributed by atoms with E-state index in [0.29, 0.717) is 15.8 Å². The first-order valence-corrected chi connectivity index (χ1v) is 10.6. The molecule has 0 heterocycles. The number of nitrogens with one attached hydrogen (secondary N) is 1. The van der Waals surface area contributed by atoms with Crippen molar-refractivity contribution in [3.63, 3.8) is 0 Å². The van der Waals surface area contributed by atoms with E-state index < -0.39 is 6.04 Å². The summed E-state index contributed by atoms with van der Waals surface area (Å²) in [4.78, 5) is 27.1. The minimum atomic E-state index is -0.670. The van der Waals surface area contributed by atoms with Crippen molar-refractivity contribution in [2.45, 2.75) is 53.2 Å². The lowest BCUT2D eigenvalue weighted by molar-refractivity contribution is -0.142. The van der Waals surface area contributed by atoms with Crippen LogP contribution in [0.2, 0.25) is 10.0 Å². The van der Waals surface area contributed by atoms with Gasteiger partial charge in [0.25, 0.3) is 5.91 Å². The van der Waals surface area contributed by atoms with Crippen LogP contribution in [0.5, 0.6) is 5.75 Å². The molecule has 0 saturated heterocycles. The Morgan fingerprint density at radius 1 is 1.07 bits per heavy atom. The van der Waals surface area contributed by atoms with Gasteiger partial charge in [-0.25, -0.2) is 0 Å². The average Bonchev–Trinajstić information content (AvgIpc) is 2.67. The van der Waals surface area contributed by atoms with Crippen LogP contribution in [0.4, 0.5) is 0 Å². The fraction of sp³-hybridized carbons (Fsp3) is 0.391. The van der Waals surface area contributed by atoms with Crippen molar-refractivity contribution in [3.8, 4) is 5.75 Å². The summed E-state index contributed by atoms with van der Waals surface area (Å²) < 4.78 is 5.73. The second kappa shape index (κ2) is 10.7. The number of carbonyl (C=O) groups is 2. The first kappa shape index (κ1) is 24.0. The van der Waals surface area contributed by atoms with E-state index in [1.54, 1.807) is 31.2 Å². The molecule has 0 spiro atoms. The molecule has 162 valence electrons. The summed E-state index contributed by atoms with van der Waals surface area (Å²) in [7, 11) is 0. The number of rotatable bonds is 8. The lowest BCUT2D eigenvalue weighted by Gasteiger charge is -2.29. The Morgan fingerprint density at radius 2 is 1.70 bits per heavy atom. The third-order valence-corrected chi connectivity index (χ3v) is 5.44. The molecule has 0 saturated carbocycles. The molecule has 1 atom stereocenters. The predicted molar refractivity (Wildman–Crippen MR) is 121 cm³/mol. The standard InChI is InChI=1S/C23H28Cl2N2O3/c1-14(2)26-23(29)17(5)27(12-18-7-6-8-19(24)11-18)21(28)13-30-20-9-15(3)22(25)16(4)10-20/h6-11,14,17H,12-13H2,1-5H3,(H,26,29). The Morgan fingerprint density at radius 3 is 2.27 bits per heavy atom. The summed E-state index contributed by atoms with van der Waals surface area (Å²) >= 11 is 12.3. The number of halogens is 2. The lowest BCUT2D eigenvalue weighted by Crippen LogP contribution is -2.50. The van der Waals surface area contributed by atoms with Gasteiger partial charge in [0.2, 0.25) is 5.91 Å². The largest absolute Gasteiger partial charge is 0.484 e. The van der Waals surface area contributed by atoms with Crippen LogP contribution in [0.3, 0.4) is 0 Å². The van der Waals surface area contributed by atoms with E-state index in [1.807, 2.05) is 39.8 Å². The molecule has 0 aliphatic heterocycles. The zero-order valence-corrected chi connectivity index (χ0v) is 19.5. The van der Waals surface area contributed by atoms with Crippen LogP contribution < -0.4 is 10.1 Å². The number of aryl methyl sites for hydroxylation is 2. The van der Waals surface area contributed by atoms with Gasteiger partial charge in [-0.1, -0.05) is 35.3 Å². The quantitative estimate of drug-likeness (QED) is 0.619. The monoisotopic (exact) mass is 450 g/mol. The summed E-state index contributed by atoms with van der Waals surface area (Å²) in [6, 6.07) is 10.1. The van der Waals surface area contributed by atoms with Gasteiger partial charge in [-0.2, -0.15) is 0 Å². The van der Waals surface area contributed by atoms with Gasteiger partial charge in [-0.3, -0.25) is 9.59 Å². The smallest absolute Gasteiger partial charge is 0.261 e. The van der Waals surface area contributed by atoms with Crippen molar-refractivity contribution in [1.82, 2.24) is 10.2 Å². The number of benzene rings is 2. The third-order valence-electron chi connectivity index (χ3n) is 4.61. The van der Waals surface area contributed by atoms with Gasteiger partial charge in [0, 0.05) is 22.6 Å². The van der Waals surface area contributed by atoms with E-state index in [-0.39, 0.29) is 31.0 Å². The van der Waals surface area contributed by atoms with Crippen molar-refractivity contribution in [2.24, 2.45) is 0 Å². The first-order valence-electron chi connectivity index (χ1n) is 9.82. The molecule has 2 aromatic rings. The second-order valence-corrected chi connectivity index (χ2v) is 8.46. The number of amides is 2. The molecule has 7 heteroatoms. The maximum absolute atomic E-state index is 13.0. The summed E-state index contributed by atoms with van der Waals surface area (Å²) in [5, 5.41) is 4.10. The van der Waals surface area contributed by atoms with Crippen LogP contribution in [-0.4, -0.2) is 35.4 Å². The van der Waals surface area contributed by atoms with E-state index in [0.717, 1.165) is 16.7 Å². The SMILES string of the molecule is Cc1cc(OCC(=O)N(Cc2cccc(Cl)c2)C(C)C(=O)NC(C)C)cc(C)c1Cl. The molecular formula is C23H28Cl2N2O3. The fourth-order valence-corrected chi connectivity index (χ4v) is 3.36. The number of hydrogen-bond donors (Lipinski definition) is 1. The van der Waals surface area contributed by atoms with E-state index >= 15 is 0 Å². The number of carbonyl (C=O) groups excluding carboxylic acids is 2. The fourth-order valence-electron chi connectivity index (χ4n) is 3.04. The van der Waals surface area contributed by atoms with E-state index in [2.05, 4.69) is 5.32 Å². The molecule has 2 rings (SSSR count). The van der Waals surface area contributed by atoms with Crippen LogP contribution >= 0.6 is 23.2 Å². The molecule has 0 radical (unpaired) electrons. The Labute approximate surface area is 188 Å². The van der Waals surface area contributed by atoms with E-state index in [9.17, 15) is 9.59 Å². The molecule has 5 nitrogen and oxygen atoms in total. The molecule has 0 aromatic heterocycles. The van der Waals surface area contributed by atoms with Crippen molar-refractivity contribution < 1.29 is 14.3 Å². The Hall–Kier alpha value is -2.24. The zero-order chi connectivity index (χ0) is 22.4. The highest BCUT2D eigenvalue weighted by Crippen LogP contribution is 2.26. The van der Waals surface area contributed by atoms with Gasteiger partial charge >= 0.3 is 0 Å². The highest BCUT2D eigenvalue weighted by atomic mass is 35.5. The van der Waals surface area contributed by atoms with Crippen LogP contribution in [0.1, 0.15) is 37.5 Å². The summed E-state index contributed by atoms with van der Waals surface area (Å²) in [5.41, 5.74) is 2.58. The van der Waals surface area contributed by atoms with Crippen LogP contribution in [0.25, 0.3) is 0 Å². The van der Waals surface area contributed by atoms with Crippen LogP contribution in [0.15, 0.2) is 36.4 Å². The first-order chi connectivity index (χ1) is 14.1. The molecule has 2 aromatic carbocycles. The predicted octanol–water partition coefficient (Wildman–Crippen LogP) is 4.93. The molecular weight excluding hydrogens is 423 g/mol. The van der Waals surface area contributed by atoms with Crippen molar-refractivity contribution in [2.75, 3.05) is 6.61 Å². The van der Waals surface area contributed by atoms with E-state index in [1.165, 1.54) is 4.90 Å². The lowest BCUT2D eigenvalue weighted by atomic mass is 10.1. The maximum atomic E-state index is 13.0. The Bertz CT molecular complexity index is 892. The molecule has 0 aliphatic carbocycles. The van der Waals surface area contributed by atoms with Gasteiger partial charge in [0.05, 0.1) is 0 Å². The minimum absolute atomic E-state index is 0.0284. The van der Waals surface area contributed by atoms with Gasteiger partial charge in [0.1, 0.15) is 11.8 Å². The molecule has 30 heavy (non-hydrogen) atoms. The number of nitrogens with zero attached hydrogens (tertiary/aromatic N) is 1. The normalized spacial score (nSPS) is 11.9. The van der Waals surface area contributed by atoms with Crippen molar-refractivity contribution in [3.05, 3.63) is 63.1 Å². The summed E-state index contributed by atoms with van der Waals surface area (Å²) in [6.45, 7) is 9.27. The highest BCUT2D eigenvalue weighted by molar-refractivity contribution is 6.32. The number of ether oxygens (including phenoxy) is 1. The molecule has 1 N–H and O–H groups in total.